The number of hydrogen-bond acceptors (Lipinski definition) is 3. The van der Waals surface area contributed by atoms with Gasteiger partial charge in [-0.15, -0.1) is 0 Å². The summed E-state index contributed by atoms with van der Waals surface area (Å²) in [6.07, 6.45) is -1.23. The minimum absolute atomic E-state index is 0.0238. The molecular formula is C16H13BrF5N3O2. The fourth-order valence-corrected chi connectivity index (χ4v) is 3.38. The van der Waals surface area contributed by atoms with Gasteiger partial charge in [0.2, 0.25) is 5.91 Å². The molecule has 0 radical (unpaired) electrons. The third-order valence-corrected chi connectivity index (χ3v) is 4.67. The van der Waals surface area contributed by atoms with E-state index in [2.05, 4.69) is 31.1 Å². The van der Waals surface area contributed by atoms with Crippen molar-refractivity contribution < 1.29 is 31.5 Å². The number of ether oxygens (including phenoxy) is 1. The van der Waals surface area contributed by atoms with Gasteiger partial charge in [-0.05, 0) is 40.9 Å². The first-order valence-electron chi connectivity index (χ1n) is 7.84. The molecule has 0 saturated heterocycles. The first-order chi connectivity index (χ1) is 12.8. The maximum atomic E-state index is 13.2. The van der Waals surface area contributed by atoms with Crippen molar-refractivity contribution in [3.63, 3.8) is 0 Å². The average molecular weight is 454 g/mol. The third-order valence-electron chi connectivity index (χ3n) is 3.85. The number of halogens is 6. The number of hydrogen-bond donors (Lipinski definition) is 1. The summed E-state index contributed by atoms with van der Waals surface area (Å²) in [5, 5.41) is 6.09. The minimum Gasteiger partial charge on any atom is -0.432 e. The van der Waals surface area contributed by atoms with Gasteiger partial charge in [0.25, 0.3) is 6.43 Å². The number of carbonyl (C=O) groups excluding carboxylic acids is 1. The van der Waals surface area contributed by atoms with E-state index in [0.29, 0.717) is 11.8 Å². The van der Waals surface area contributed by atoms with Gasteiger partial charge in [-0.2, -0.15) is 13.9 Å². The van der Waals surface area contributed by atoms with E-state index < -0.39 is 42.7 Å². The van der Waals surface area contributed by atoms with Crippen molar-refractivity contribution in [3.8, 4) is 5.75 Å². The molecule has 0 spiro atoms. The second-order valence-electron chi connectivity index (χ2n) is 5.88. The molecule has 3 rings (SSSR count). The lowest BCUT2D eigenvalue weighted by Crippen LogP contribution is -2.21. The van der Waals surface area contributed by atoms with Crippen molar-refractivity contribution in [1.82, 2.24) is 9.78 Å². The zero-order valence-corrected chi connectivity index (χ0v) is 15.2. The highest BCUT2D eigenvalue weighted by Crippen LogP contribution is 2.45. The highest BCUT2D eigenvalue weighted by Gasteiger charge is 2.34. The molecule has 0 unspecified atom stereocenters. The molecule has 1 aliphatic carbocycles. The van der Waals surface area contributed by atoms with Crippen LogP contribution in [-0.4, -0.2) is 22.3 Å². The SMILES string of the molecule is O=C(Cn1nc(C(F)F)c(Br)c1C1CC1)Nc1ccc(F)cc1OC(F)F. The Kier molecular flexibility index (Phi) is 5.68. The molecular weight excluding hydrogens is 441 g/mol. The van der Waals surface area contributed by atoms with Gasteiger partial charge in [-0.1, -0.05) is 0 Å². The monoisotopic (exact) mass is 453 g/mol. The van der Waals surface area contributed by atoms with Crippen molar-refractivity contribution in [1.29, 1.82) is 0 Å². The summed E-state index contributed by atoms with van der Waals surface area (Å²) < 4.78 is 69.8. The lowest BCUT2D eigenvalue weighted by molar-refractivity contribution is -0.117. The smallest absolute Gasteiger partial charge is 0.387 e. The summed E-state index contributed by atoms with van der Waals surface area (Å²) in [5.41, 5.74) is -0.146. The van der Waals surface area contributed by atoms with Gasteiger partial charge < -0.3 is 10.1 Å². The number of rotatable bonds is 7. The maximum Gasteiger partial charge on any atom is 0.387 e. The Labute approximate surface area is 158 Å². The largest absolute Gasteiger partial charge is 0.432 e. The molecule has 2 aromatic rings. The number of benzene rings is 1. The number of carbonyl (C=O) groups is 1. The Morgan fingerprint density at radius 2 is 2.04 bits per heavy atom. The van der Waals surface area contributed by atoms with Gasteiger partial charge >= 0.3 is 6.61 Å². The van der Waals surface area contributed by atoms with E-state index >= 15 is 0 Å². The van der Waals surface area contributed by atoms with E-state index in [1.807, 2.05) is 0 Å². The van der Waals surface area contributed by atoms with Crippen LogP contribution in [0.3, 0.4) is 0 Å². The van der Waals surface area contributed by atoms with Crippen LogP contribution in [0.1, 0.15) is 36.6 Å². The van der Waals surface area contributed by atoms with Crippen LogP contribution in [0.5, 0.6) is 5.75 Å². The Bertz CT molecular complexity index is 855. The molecule has 1 aromatic heterocycles. The lowest BCUT2D eigenvalue weighted by Gasteiger charge is -2.13. The van der Waals surface area contributed by atoms with Crippen LogP contribution in [0, 0.1) is 5.82 Å². The quantitative estimate of drug-likeness (QED) is 0.610. The van der Waals surface area contributed by atoms with Crippen molar-refractivity contribution >= 4 is 27.5 Å². The number of alkyl halides is 4. The van der Waals surface area contributed by atoms with Crippen LogP contribution in [0.25, 0.3) is 0 Å². The van der Waals surface area contributed by atoms with Crippen molar-refractivity contribution in [3.05, 3.63) is 39.9 Å². The Hall–Kier alpha value is -2.17. The Morgan fingerprint density at radius 1 is 1.33 bits per heavy atom. The normalized spacial score (nSPS) is 14.1. The maximum absolute atomic E-state index is 13.2. The van der Waals surface area contributed by atoms with E-state index in [1.165, 1.54) is 0 Å². The fraction of sp³-hybridized carbons (Fsp3) is 0.375. The second kappa shape index (κ2) is 7.83. The van der Waals surface area contributed by atoms with Crippen molar-refractivity contribution in [2.45, 2.75) is 38.3 Å². The average Bonchev–Trinajstić information content (AvgIpc) is 3.34. The zero-order valence-electron chi connectivity index (χ0n) is 13.6. The molecule has 1 fully saturated rings. The molecule has 0 atom stereocenters. The second-order valence-corrected chi connectivity index (χ2v) is 6.68. The van der Waals surface area contributed by atoms with Crippen LogP contribution < -0.4 is 10.1 Å². The summed E-state index contributed by atoms with van der Waals surface area (Å²) in [5.74, 6) is -2.05. The number of nitrogens with one attached hydrogen (secondary N) is 1. The molecule has 0 bridgehead atoms. The van der Waals surface area contributed by atoms with Gasteiger partial charge in [-0.25, -0.2) is 13.2 Å². The third kappa shape index (κ3) is 4.57. The summed E-state index contributed by atoms with van der Waals surface area (Å²) >= 11 is 3.11. The standard InChI is InChI=1S/C16H13BrF5N3O2/c17-12-13(15(19)20)24-25(14(12)7-1-2-7)6-11(26)23-9-4-3-8(18)5-10(9)27-16(21)22/h3-5,7,15-16H,1-2,6H2,(H,23,26). The predicted molar refractivity (Wildman–Crippen MR) is 88.5 cm³/mol. The zero-order chi connectivity index (χ0) is 19.7. The van der Waals surface area contributed by atoms with Crippen LogP contribution in [0.15, 0.2) is 22.7 Å². The van der Waals surface area contributed by atoms with E-state index in [4.69, 9.17) is 0 Å². The highest BCUT2D eigenvalue weighted by atomic mass is 79.9. The molecule has 27 heavy (non-hydrogen) atoms. The highest BCUT2D eigenvalue weighted by molar-refractivity contribution is 9.10. The first-order valence-corrected chi connectivity index (χ1v) is 8.64. The molecule has 0 aliphatic heterocycles. The van der Waals surface area contributed by atoms with Gasteiger partial charge in [0.15, 0.2) is 5.75 Å². The van der Waals surface area contributed by atoms with E-state index in [0.717, 1.165) is 29.7 Å². The minimum atomic E-state index is -3.21. The van der Waals surface area contributed by atoms with Crippen LogP contribution >= 0.6 is 15.9 Å². The van der Waals surface area contributed by atoms with Crippen molar-refractivity contribution in [2.75, 3.05) is 5.32 Å². The molecule has 1 heterocycles. The topological polar surface area (TPSA) is 56.2 Å². The van der Waals surface area contributed by atoms with Crippen LogP contribution in [0.4, 0.5) is 27.6 Å². The number of aromatic nitrogens is 2. The summed E-state index contributed by atoms with van der Waals surface area (Å²) in [6.45, 7) is -3.62. The summed E-state index contributed by atoms with van der Waals surface area (Å²) in [7, 11) is 0. The Balaban J connectivity index is 1.80. The molecule has 146 valence electrons. The van der Waals surface area contributed by atoms with Crippen LogP contribution in [0.2, 0.25) is 0 Å². The molecule has 5 nitrogen and oxygen atoms in total. The molecule has 1 aliphatic rings. The molecule has 1 saturated carbocycles. The number of amides is 1. The van der Waals surface area contributed by atoms with Gasteiger partial charge in [-0.3, -0.25) is 9.48 Å². The summed E-state index contributed by atoms with van der Waals surface area (Å²) in [6, 6.07) is 2.73. The van der Waals surface area contributed by atoms with E-state index in [-0.39, 0.29) is 16.1 Å². The first kappa shape index (κ1) is 19.6. The summed E-state index contributed by atoms with van der Waals surface area (Å²) in [4.78, 5) is 12.3. The van der Waals surface area contributed by atoms with E-state index in [1.54, 1.807) is 0 Å². The molecule has 1 aromatic carbocycles. The molecule has 1 N–H and O–H groups in total. The van der Waals surface area contributed by atoms with Gasteiger partial charge in [0.1, 0.15) is 18.1 Å². The molecule has 1 amide bonds. The van der Waals surface area contributed by atoms with Gasteiger partial charge in [0, 0.05) is 12.0 Å². The number of anilines is 1. The Morgan fingerprint density at radius 3 is 2.63 bits per heavy atom. The van der Waals surface area contributed by atoms with Crippen LogP contribution in [-0.2, 0) is 11.3 Å². The van der Waals surface area contributed by atoms with E-state index in [9.17, 15) is 26.7 Å². The molecule has 11 heteroatoms. The fourth-order valence-electron chi connectivity index (χ4n) is 2.60. The predicted octanol–water partition coefficient (Wildman–Crippen LogP) is 4.84. The number of nitrogens with zero attached hydrogens (tertiary/aromatic N) is 2. The van der Waals surface area contributed by atoms with Gasteiger partial charge in [0.05, 0.1) is 15.9 Å². The van der Waals surface area contributed by atoms with Crippen molar-refractivity contribution in [2.24, 2.45) is 0 Å². The lowest BCUT2D eigenvalue weighted by atomic mass is 10.2.